The van der Waals surface area contributed by atoms with E-state index in [2.05, 4.69) is 52.7 Å². The van der Waals surface area contributed by atoms with Gasteiger partial charge in [0.1, 0.15) is 11.0 Å². The summed E-state index contributed by atoms with van der Waals surface area (Å²) in [7, 11) is 0. The van der Waals surface area contributed by atoms with Crippen LogP contribution in [0.2, 0.25) is 0 Å². The standard InChI is InChI=1S/C19H18N8O/c1-3-15(27-7-9-28-10-8-27)4-2-14(1)23-19-17-16(12-22-26-17)24-18(25-19)13-5-6-20-21-11-13/h1-6,11-12H,7-10H2,(H,22,26)(H,23,24,25). The molecule has 4 aromatic rings. The highest BCUT2D eigenvalue weighted by Crippen LogP contribution is 2.26. The van der Waals surface area contributed by atoms with E-state index in [0.717, 1.165) is 48.6 Å². The van der Waals surface area contributed by atoms with E-state index in [-0.39, 0.29) is 0 Å². The Bertz CT molecular complexity index is 1070. The van der Waals surface area contributed by atoms with E-state index in [1.54, 1.807) is 18.6 Å². The van der Waals surface area contributed by atoms with E-state index >= 15 is 0 Å². The molecule has 4 heterocycles. The first-order valence-corrected chi connectivity index (χ1v) is 9.05. The molecule has 0 unspecified atom stereocenters. The lowest BCUT2D eigenvalue weighted by molar-refractivity contribution is 0.122. The van der Waals surface area contributed by atoms with Crippen LogP contribution in [0.15, 0.2) is 48.9 Å². The van der Waals surface area contributed by atoms with Crippen molar-refractivity contribution in [1.82, 2.24) is 30.4 Å². The fourth-order valence-electron chi connectivity index (χ4n) is 3.20. The number of anilines is 3. The summed E-state index contributed by atoms with van der Waals surface area (Å²) in [5, 5.41) is 18.2. The Labute approximate surface area is 160 Å². The van der Waals surface area contributed by atoms with Crippen molar-refractivity contribution in [1.29, 1.82) is 0 Å². The van der Waals surface area contributed by atoms with Crippen LogP contribution in [0.25, 0.3) is 22.4 Å². The Balaban J connectivity index is 1.45. The van der Waals surface area contributed by atoms with Gasteiger partial charge in [0.15, 0.2) is 11.6 Å². The Morgan fingerprint density at radius 3 is 2.61 bits per heavy atom. The minimum absolute atomic E-state index is 0.566. The Morgan fingerprint density at radius 2 is 1.82 bits per heavy atom. The first-order chi connectivity index (χ1) is 13.9. The van der Waals surface area contributed by atoms with E-state index in [4.69, 9.17) is 4.74 Å². The number of ether oxygens (including phenoxy) is 1. The van der Waals surface area contributed by atoms with Gasteiger partial charge in [-0.2, -0.15) is 15.3 Å². The zero-order valence-electron chi connectivity index (χ0n) is 15.0. The van der Waals surface area contributed by atoms with Crippen LogP contribution < -0.4 is 10.2 Å². The molecule has 2 N–H and O–H groups in total. The minimum Gasteiger partial charge on any atom is -0.378 e. The summed E-state index contributed by atoms with van der Waals surface area (Å²) < 4.78 is 5.42. The number of nitrogens with zero attached hydrogens (tertiary/aromatic N) is 6. The highest BCUT2D eigenvalue weighted by Gasteiger charge is 2.13. The van der Waals surface area contributed by atoms with Crippen molar-refractivity contribution in [3.05, 3.63) is 48.9 Å². The number of morpholine rings is 1. The molecule has 140 valence electrons. The molecule has 28 heavy (non-hydrogen) atoms. The quantitative estimate of drug-likeness (QED) is 0.561. The van der Waals surface area contributed by atoms with Crippen LogP contribution in [0.3, 0.4) is 0 Å². The van der Waals surface area contributed by atoms with Crippen LogP contribution in [-0.2, 0) is 4.74 Å². The molecule has 5 rings (SSSR count). The highest BCUT2D eigenvalue weighted by atomic mass is 16.5. The lowest BCUT2D eigenvalue weighted by Crippen LogP contribution is -2.36. The molecule has 1 aliphatic heterocycles. The van der Waals surface area contributed by atoms with E-state index < -0.39 is 0 Å². The van der Waals surface area contributed by atoms with Crippen LogP contribution in [-0.4, -0.2) is 56.7 Å². The summed E-state index contributed by atoms with van der Waals surface area (Å²) in [6.07, 6.45) is 4.94. The van der Waals surface area contributed by atoms with Crippen LogP contribution in [0.1, 0.15) is 0 Å². The van der Waals surface area contributed by atoms with Gasteiger partial charge in [0, 0.05) is 30.0 Å². The monoisotopic (exact) mass is 374 g/mol. The van der Waals surface area contributed by atoms with E-state index in [9.17, 15) is 0 Å². The lowest BCUT2D eigenvalue weighted by Gasteiger charge is -2.28. The van der Waals surface area contributed by atoms with Crippen LogP contribution in [0.5, 0.6) is 0 Å². The van der Waals surface area contributed by atoms with Gasteiger partial charge in [0.2, 0.25) is 0 Å². The molecule has 0 spiro atoms. The van der Waals surface area contributed by atoms with Crippen molar-refractivity contribution in [3.63, 3.8) is 0 Å². The van der Waals surface area contributed by atoms with Gasteiger partial charge in [-0.15, -0.1) is 0 Å². The number of aromatic amines is 1. The molecule has 0 atom stereocenters. The van der Waals surface area contributed by atoms with Crippen LogP contribution in [0.4, 0.5) is 17.2 Å². The SMILES string of the molecule is c1cc(-c2nc(Nc3ccc(N4CCOCC4)cc3)c3[nH]ncc3n2)cnn1. The summed E-state index contributed by atoms with van der Waals surface area (Å²) >= 11 is 0. The Kier molecular flexibility index (Phi) is 4.26. The fourth-order valence-corrected chi connectivity index (χ4v) is 3.20. The maximum Gasteiger partial charge on any atom is 0.164 e. The van der Waals surface area contributed by atoms with Crippen LogP contribution in [0, 0.1) is 0 Å². The largest absolute Gasteiger partial charge is 0.378 e. The first kappa shape index (κ1) is 16.6. The maximum atomic E-state index is 5.42. The number of rotatable bonds is 4. The number of hydrogen-bond acceptors (Lipinski definition) is 8. The molecule has 9 heteroatoms. The lowest BCUT2D eigenvalue weighted by atomic mass is 10.2. The smallest absolute Gasteiger partial charge is 0.164 e. The molecule has 0 amide bonds. The second-order valence-corrected chi connectivity index (χ2v) is 6.43. The molecule has 0 bridgehead atoms. The number of hydrogen-bond donors (Lipinski definition) is 2. The van der Waals surface area contributed by atoms with Gasteiger partial charge < -0.3 is 15.0 Å². The molecule has 0 radical (unpaired) electrons. The molecular formula is C19H18N8O. The molecule has 3 aromatic heterocycles. The number of aromatic nitrogens is 6. The number of benzene rings is 1. The van der Waals surface area contributed by atoms with Gasteiger partial charge in [0.25, 0.3) is 0 Å². The summed E-state index contributed by atoms with van der Waals surface area (Å²) in [5.74, 6) is 1.23. The Morgan fingerprint density at radius 1 is 0.964 bits per heavy atom. The third kappa shape index (κ3) is 3.23. The summed E-state index contributed by atoms with van der Waals surface area (Å²) in [4.78, 5) is 11.5. The Hall–Kier alpha value is -3.59. The zero-order chi connectivity index (χ0) is 18.8. The predicted octanol–water partition coefficient (Wildman–Crippen LogP) is 2.39. The van der Waals surface area contributed by atoms with E-state index in [1.165, 1.54) is 5.69 Å². The van der Waals surface area contributed by atoms with Gasteiger partial charge in [-0.3, -0.25) is 5.10 Å². The fraction of sp³-hybridized carbons (Fsp3) is 0.211. The van der Waals surface area contributed by atoms with Gasteiger partial charge in [0.05, 0.1) is 31.8 Å². The number of H-pyrrole nitrogens is 1. The van der Waals surface area contributed by atoms with Gasteiger partial charge in [-0.1, -0.05) is 0 Å². The summed E-state index contributed by atoms with van der Waals surface area (Å²) in [6, 6.07) is 10.1. The molecule has 0 saturated carbocycles. The average molecular weight is 374 g/mol. The molecule has 1 aromatic carbocycles. The molecule has 1 saturated heterocycles. The highest BCUT2D eigenvalue weighted by molar-refractivity contribution is 5.88. The van der Waals surface area contributed by atoms with Crippen molar-refractivity contribution in [3.8, 4) is 11.4 Å². The minimum atomic E-state index is 0.566. The molecule has 1 fully saturated rings. The van der Waals surface area contributed by atoms with Gasteiger partial charge in [-0.05, 0) is 30.3 Å². The van der Waals surface area contributed by atoms with Crippen LogP contribution >= 0.6 is 0 Å². The van der Waals surface area contributed by atoms with Gasteiger partial charge >= 0.3 is 0 Å². The zero-order valence-corrected chi connectivity index (χ0v) is 15.0. The molecular weight excluding hydrogens is 356 g/mol. The topological polar surface area (TPSA) is 105 Å². The van der Waals surface area contributed by atoms with Gasteiger partial charge in [-0.25, -0.2) is 9.97 Å². The average Bonchev–Trinajstić information content (AvgIpc) is 3.25. The van der Waals surface area contributed by atoms with E-state index in [0.29, 0.717) is 11.6 Å². The second-order valence-electron chi connectivity index (χ2n) is 6.43. The van der Waals surface area contributed by atoms with Crippen molar-refractivity contribution in [2.45, 2.75) is 0 Å². The van der Waals surface area contributed by atoms with Crippen molar-refractivity contribution in [2.24, 2.45) is 0 Å². The first-order valence-electron chi connectivity index (χ1n) is 9.05. The van der Waals surface area contributed by atoms with Crippen molar-refractivity contribution in [2.75, 3.05) is 36.5 Å². The summed E-state index contributed by atoms with van der Waals surface area (Å²) in [5.41, 5.74) is 4.40. The second kappa shape index (κ2) is 7.20. The number of fused-ring (bicyclic) bond motifs is 1. The molecule has 1 aliphatic rings. The predicted molar refractivity (Wildman–Crippen MR) is 105 cm³/mol. The third-order valence-corrected chi connectivity index (χ3v) is 4.65. The molecule has 9 nitrogen and oxygen atoms in total. The normalized spacial score (nSPS) is 14.4. The third-order valence-electron chi connectivity index (χ3n) is 4.65. The van der Waals surface area contributed by atoms with Crippen molar-refractivity contribution < 1.29 is 4.74 Å². The van der Waals surface area contributed by atoms with E-state index in [1.807, 2.05) is 18.2 Å². The maximum absolute atomic E-state index is 5.42. The molecule has 0 aliphatic carbocycles. The van der Waals surface area contributed by atoms with Crippen molar-refractivity contribution >= 4 is 28.2 Å². The summed E-state index contributed by atoms with van der Waals surface area (Å²) in [6.45, 7) is 3.37. The number of nitrogens with one attached hydrogen (secondary N) is 2.